The van der Waals surface area contributed by atoms with Crippen molar-refractivity contribution in [2.24, 2.45) is 0 Å². The van der Waals surface area contributed by atoms with E-state index in [9.17, 15) is 0 Å². The van der Waals surface area contributed by atoms with Gasteiger partial charge in [-0.25, -0.2) is 0 Å². The third kappa shape index (κ3) is 2.84. The van der Waals surface area contributed by atoms with E-state index >= 15 is 0 Å². The van der Waals surface area contributed by atoms with E-state index in [0.29, 0.717) is 0 Å². The van der Waals surface area contributed by atoms with E-state index < -0.39 is 0 Å². The number of hydrogen-bond donors (Lipinski definition) is 1. The molecule has 0 aliphatic carbocycles. The lowest BCUT2D eigenvalue weighted by atomic mass is 10.4. The van der Waals surface area contributed by atoms with Gasteiger partial charge in [0.1, 0.15) is 6.23 Å². The maximum absolute atomic E-state index is 9.05. The second-order valence-electron chi connectivity index (χ2n) is 2.28. The van der Waals surface area contributed by atoms with Crippen LogP contribution in [0.1, 0.15) is 6.92 Å². The number of nitrogens with zero attached hydrogens (tertiary/aromatic N) is 1. The third-order valence-electron chi connectivity index (χ3n) is 1.57. The number of rotatable bonds is 1. The molecule has 0 saturated carbocycles. The van der Waals surface area contributed by atoms with E-state index in [-0.39, 0.29) is 18.6 Å². The van der Waals surface area contributed by atoms with Gasteiger partial charge < -0.3 is 9.84 Å². The zero-order chi connectivity index (χ0) is 6.69. The van der Waals surface area contributed by atoms with Gasteiger partial charge in [-0.05, 0) is 6.92 Å². The number of aliphatic hydroxyl groups is 1. The Balaban J connectivity index is 0.000000810. The molecule has 1 aliphatic heterocycles. The van der Waals surface area contributed by atoms with Gasteiger partial charge in [0, 0.05) is 13.1 Å². The monoisotopic (exact) mass is 167 g/mol. The van der Waals surface area contributed by atoms with Gasteiger partial charge >= 0.3 is 0 Å². The van der Waals surface area contributed by atoms with Gasteiger partial charge in [0.15, 0.2) is 0 Å². The predicted octanol–water partition coefficient (Wildman–Crippen LogP) is 0.0787. The summed E-state index contributed by atoms with van der Waals surface area (Å²) in [4.78, 5) is 1.99. The molecule has 0 aromatic carbocycles. The predicted molar refractivity (Wildman–Crippen MR) is 41.3 cm³/mol. The summed E-state index contributed by atoms with van der Waals surface area (Å²) in [6.45, 7) is 5.01. The van der Waals surface area contributed by atoms with E-state index in [0.717, 1.165) is 26.3 Å². The molecule has 1 rings (SSSR count). The lowest BCUT2D eigenvalue weighted by molar-refractivity contribution is -0.0490. The topological polar surface area (TPSA) is 32.7 Å². The van der Waals surface area contributed by atoms with Crippen LogP contribution in [-0.2, 0) is 4.74 Å². The molecular formula is C6H14ClNO2. The average Bonchev–Trinajstić information content (AvgIpc) is 1.90. The highest BCUT2D eigenvalue weighted by Gasteiger charge is 2.13. The highest BCUT2D eigenvalue weighted by molar-refractivity contribution is 5.85. The molecule has 3 nitrogen and oxygen atoms in total. The molecule has 1 unspecified atom stereocenters. The molecular weight excluding hydrogens is 154 g/mol. The van der Waals surface area contributed by atoms with Crippen molar-refractivity contribution < 1.29 is 9.84 Å². The van der Waals surface area contributed by atoms with Crippen molar-refractivity contribution in [1.29, 1.82) is 0 Å². The molecule has 10 heavy (non-hydrogen) atoms. The fourth-order valence-electron chi connectivity index (χ4n) is 0.951. The zero-order valence-electron chi connectivity index (χ0n) is 6.12. The van der Waals surface area contributed by atoms with Crippen LogP contribution in [0.25, 0.3) is 0 Å². The summed E-state index contributed by atoms with van der Waals surface area (Å²) in [7, 11) is 0. The Bertz CT molecular complexity index is 83.8. The second kappa shape index (κ2) is 4.91. The summed E-state index contributed by atoms with van der Waals surface area (Å²) in [5, 5.41) is 9.05. The van der Waals surface area contributed by atoms with Gasteiger partial charge in [-0.15, -0.1) is 12.4 Å². The SMILES string of the molecule is CC(O)N1CCOCC1.Cl. The number of aliphatic hydroxyl groups excluding tert-OH is 1. The number of hydrogen-bond acceptors (Lipinski definition) is 3. The molecule has 1 saturated heterocycles. The van der Waals surface area contributed by atoms with E-state index in [1.807, 2.05) is 4.90 Å². The van der Waals surface area contributed by atoms with Crippen molar-refractivity contribution in [2.75, 3.05) is 26.3 Å². The smallest absolute Gasteiger partial charge is 0.104 e. The molecule has 0 radical (unpaired) electrons. The van der Waals surface area contributed by atoms with E-state index in [1.54, 1.807) is 6.92 Å². The first-order valence-electron chi connectivity index (χ1n) is 3.30. The summed E-state index contributed by atoms with van der Waals surface area (Å²) in [5.41, 5.74) is 0. The molecule has 1 N–H and O–H groups in total. The molecule has 1 heterocycles. The summed E-state index contributed by atoms with van der Waals surface area (Å²) < 4.78 is 5.10. The number of ether oxygens (including phenoxy) is 1. The molecule has 1 aliphatic rings. The molecule has 62 valence electrons. The zero-order valence-corrected chi connectivity index (χ0v) is 6.93. The summed E-state index contributed by atoms with van der Waals surface area (Å²) in [6.07, 6.45) is -0.311. The Kier molecular flexibility index (Phi) is 4.99. The van der Waals surface area contributed by atoms with Crippen molar-refractivity contribution >= 4 is 12.4 Å². The van der Waals surface area contributed by atoms with Crippen LogP contribution in [0.4, 0.5) is 0 Å². The second-order valence-corrected chi connectivity index (χ2v) is 2.28. The first-order chi connectivity index (χ1) is 4.30. The first-order valence-corrected chi connectivity index (χ1v) is 3.30. The Hall–Kier alpha value is 0.170. The van der Waals surface area contributed by atoms with Crippen molar-refractivity contribution in [3.63, 3.8) is 0 Å². The van der Waals surface area contributed by atoms with Gasteiger partial charge in [-0.1, -0.05) is 0 Å². The third-order valence-corrected chi connectivity index (χ3v) is 1.57. The number of morpholine rings is 1. The Labute approximate surface area is 67.4 Å². The maximum atomic E-state index is 9.05. The van der Waals surface area contributed by atoms with E-state index in [1.165, 1.54) is 0 Å². The minimum atomic E-state index is -0.311. The summed E-state index contributed by atoms with van der Waals surface area (Å²) in [5.74, 6) is 0. The molecule has 0 bridgehead atoms. The quantitative estimate of drug-likeness (QED) is 0.601. The number of halogens is 1. The Morgan fingerprint density at radius 1 is 1.40 bits per heavy atom. The highest BCUT2D eigenvalue weighted by Crippen LogP contribution is 1.99. The van der Waals surface area contributed by atoms with Crippen LogP contribution in [0.3, 0.4) is 0 Å². The Morgan fingerprint density at radius 3 is 2.20 bits per heavy atom. The van der Waals surface area contributed by atoms with Crippen molar-refractivity contribution in [3.05, 3.63) is 0 Å². The molecule has 1 fully saturated rings. The normalized spacial score (nSPS) is 23.4. The fourth-order valence-corrected chi connectivity index (χ4v) is 0.951. The molecule has 0 aromatic heterocycles. The van der Waals surface area contributed by atoms with Gasteiger partial charge in [-0.2, -0.15) is 0 Å². The van der Waals surface area contributed by atoms with Gasteiger partial charge in [0.05, 0.1) is 13.2 Å². The van der Waals surface area contributed by atoms with Crippen LogP contribution in [0.5, 0.6) is 0 Å². The standard InChI is InChI=1S/C6H13NO2.ClH/c1-6(8)7-2-4-9-5-3-7;/h6,8H,2-5H2,1H3;1H. The fraction of sp³-hybridized carbons (Fsp3) is 1.00. The molecule has 0 aromatic rings. The minimum absolute atomic E-state index is 0. The first kappa shape index (κ1) is 10.2. The van der Waals surface area contributed by atoms with Crippen molar-refractivity contribution in [1.82, 2.24) is 4.90 Å². The highest BCUT2D eigenvalue weighted by atomic mass is 35.5. The summed E-state index contributed by atoms with van der Waals surface area (Å²) >= 11 is 0. The molecule has 0 amide bonds. The van der Waals surface area contributed by atoms with Crippen molar-refractivity contribution in [2.45, 2.75) is 13.2 Å². The molecule has 4 heteroatoms. The Morgan fingerprint density at radius 2 is 1.90 bits per heavy atom. The minimum Gasteiger partial charge on any atom is -0.379 e. The van der Waals surface area contributed by atoms with Gasteiger partial charge in [0.2, 0.25) is 0 Å². The van der Waals surface area contributed by atoms with Crippen LogP contribution in [0.2, 0.25) is 0 Å². The largest absolute Gasteiger partial charge is 0.379 e. The molecule has 1 atom stereocenters. The van der Waals surface area contributed by atoms with Crippen LogP contribution in [0.15, 0.2) is 0 Å². The lowest BCUT2D eigenvalue weighted by Gasteiger charge is -2.28. The summed E-state index contributed by atoms with van der Waals surface area (Å²) in [6, 6.07) is 0. The lowest BCUT2D eigenvalue weighted by Crippen LogP contribution is -2.41. The van der Waals surface area contributed by atoms with E-state index in [4.69, 9.17) is 9.84 Å². The van der Waals surface area contributed by atoms with Crippen LogP contribution < -0.4 is 0 Å². The van der Waals surface area contributed by atoms with Gasteiger partial charge in [-0.3, -0.25) is 4.90 Å². The maximum Gasteiger partial charge on any atom is 0.104 e. The average molecular weight is 168 g/mol. The molecule has 0 spiro atoms. The van der Waals surface area contributed by atoms with Crippen molar-refractivity contribution in [3.8, 4) is 0 Å². The van der Waals surface area contributed by atoms with Crippen LogP contribution >= 0.6 is 12.4 Å². The van der Waals surface area contributed by atoms with Gasteiger partial charge in [0.25, 0.3) is 0 Å². The van der Waals surface area contributed by atoms with Crippen LogP contribution in [0, 0.1) is 0 Å². The van der Waals surface area contributed by atoms with E-state index in [2.05, 4.69) is 0 Å². The van der Waals surface area contributed by atoms with Crippen LogP contribution in [-0.4, -0.2) is 42.5 Å².